The average molecular weight is 617 g/mol. The highest BCUT2D eigenvalue weighted by Crippen LogP contribution is 2.39. The molecule has 5 rings (SSSR count). The summed E-state index contributed by atoms with van der Waals surface area (Å²) in [6.07, 6.45) is 12.1. The Morgan fingerprint density at radius 3 is 2.13 bits per heavy atom. The number of hydrogen-bond acceptors (Lipinski definition) is 4. The van der Waals surface area contributed by atoms with Crippen LogP contribution >= 0.6 is 46.8 Å². The van der Waals surface area contributed by atoms with Crippen molar-refractivity contribution < 1.29 is 4.21 Å². The summed E-state index contributed by atoms with van der Waals surface area (Å²) in [5.41, 5.74) is 2.34. The maximum atomic E-state index is 12.4. The van der Waals surface area contributed by atoms with Gasteiger partial charge in [0.15, 0.2) is 0 Å². The van der Waals surface area contributed by atoms with Gasteiger partial charge >= 0.3 is 0 Å². The highest BCUT2D eigenvalue weighted by Gasteiger charge is 2.29. The van der Waals surface area contributed by atoms with E-state index >= 15 is 0 Å². The Morgan fingerprint density at radius 1 is 0.816 bits per heavy atom. The van der Waals surface area contributed by atoms with Crippen LogP contribution in [0.25, 0.3) is 0 Å². The summed E-state index contributed by atoms with van der Waals surface area (Å²) < 4.78 is 17.8. The van der Waals surface area contributed by atoms with Crippen LogP contribution in [-0.4, -0.2) is 45.7 Å². The second-order valence-corrected chi connectivity index (χ2v) is 14.7. The topological polar surface area (TPSA) is 35.6 Å². The summed E-state index contributed by atoms with van der Waals surface area (Å²) in [5, 5.41) is 3.35. The van der Waals surface area contributed by atoms with Gasteiger partial charge in [-0.05, 0) is 94.0 Å². The zero-order valence-corrected chi connectivity index (χ0v) is 26.1. The van der Waals surface area contributed by atoms with Gasteiger partial charge in [-0.1, -0.05) is 72.1 Å². The monoisotopic (exact) mass is 615 g/mol. The molecule has 1 N–H and O–H groups in total. The molecule has 2 aromatic rings. The summed E-state index contributed by atoms with van der Waals surface area (Å²) in [6.45, 7) is 3.07. The fraction of sp³-hybridized carbons (Fsp3) is 0.586. The summed E-state index contributed by atoms with van der Waals surface area (Å²) >= 11 is 20.2. The lowest BCUT2D eigenvalue weighted by molar-refractivity contribution is 0.362. The lowest BCUT2D eigenvalue weighted by atomic mass is 9.94. The largest absolute Gasteiger partial charge is 0.364 e. The van der Waals surface area contributed by atoms with Crippen LogP contribution in [0.15, 0.2) is 42.5 Å². The Labute approximate surface area is 250 Å². The first-order chi connectivity index (χ1) is 18.5. The molecule has 0 spiro atoms. The van der Waals surface area contributed by atoms with Crippen LogP contribution in [0.5, 0.6) is 0 Å². The van der Waals surface area contributed by atoms with E-state index in [1.165, 1.54) is 63.5 Å². The minimum atomic E-state index is -0.708. The van der Waals surface area contributed by atoms with Crippen LogP contribution in [0.4, 0.5) is 5.69 Å². The number of nitrogens with one attached hydrogen (secondary N) is 1. The fourth-order valence-corrected chi connectivity index (χ4v) is 8.91. The Morgan fingerprint density at radius 2 is 1.47 bits per heavy atom. The molecule has 3 aliphatic rings. The molecule has 2 atom stereocenters. The van der Waals surface area contributed by atoms with Gasteiger partial charge in [0.1, 0.15) is 0 Å². The van der Waals surface area contributed by atoms with Gasteiger partial charge in [-0.2, -0.15) is 0 Å². The number of benzene rings is 2. The smallest absolute Gasteiger partial charge is 0.0974 e. The second kappa shape index (κ2) is 15.5. The Balaban J connectivity index is 0.000000181. The van der Waals surface area contributed by atoms with Crippen LogP contribution in [0.2, 0.25) is 15.1 Å². The van der Waals surface area contributed by atoms with Gasteiger partial charge in [0, 0.05) is 50.9 Å². The van der Waals surface area contributed by atoms with Crippen LogP contribution in [0.3, 0.4) is 0 Å². The molecule has 2 heterocycles. The van der Waals surface area contributed by atoms with E-state index in [4.69, 9.17) is 34.8 Å². The Hall–Kier alpha value is -0.470. The Kier molecular flexibility index (Phi) is 12.4. The first-order valence-corrected chi connectivity index (χ1v) is 17.1. The van der Waals surface area contributed by atoms with Crippen LogP contribution in [0, 0.1) is 0 Å². The third kappa shape index (κ3) is 8.52. The van der Waals surface area contributed by atoms with Gasteiger partial charge < -0.3 is 4.90 Å². The number of hydrogen-bond donors (Lipinski definition) is 1. The maximum Gasteiger partial charge on any atom is 0.0974 e. The number of anilines is 1. The first-order valence-electron chi connectivity index (χ1n) is 13.9. The number of piperidine rings is 2. The molecule has 1 aliphatic carbocycles. The molecule has 210 valence electrons. The van der Waals surface area contributed by atoms with Crippen LogP contribution < -0.4 is 9.62 Å². The average Bonchev–Trinajstić information content (AvgIpc) is 2.95. The lowest BCUT2D eigenvalue weighted by Gasteiger charge is -2.38. The van der Waals surface area contributed by atoms with Crippen LogP contribution in [0.1, 0.15) is 75.8 Å². The summed E-state index contributed by atoms with van der Waals surface area (Å²) in [5.74, 6) is 0. The van der Waals surface area contributed by atoms with Gasteiger partial charge in [0.05, 0.1) is 17.0 Å². The van der Waals surface area contributed by atoms with Crippen molar-refractivity contribution in [3.63, 3.8) is 0 Å². The summed E-state index contributed by atoms with van der Waals surface area (Å²) in [7, 11) is 1.28. The molecular weight excluding hydrogens is 577 g/mol. The van der Waals surface area contributed by atoms with E-state index < -0.39 is 11.0 Å². The van der Waals surface area contributed by atoms with E-state index in [1.807, 2.05) is 49.3 Å². The molecule has 2 unspecified atom stereocenters. The summed E-state index contributed by atoms with van der Waals surface area (Å²) in [6, 6.07) is 14.1. The number of halogens is 3. The van der Waals surface area contributed by atoms with Crippen molar-refractivity contribution in [1.82, 2.24) is 9.03 Å². The molecule has 9 heteroatoms. The van der Waals surface area contributed by atoms with Gasteiger partial charge in [-0.3, -0.25) is 4.72 Å². The highest BCUT2D eigenvalue weighted by atomic mass is 35.5. The van der Waals surface area contributed by atoms with Crippen molar-refractivity contribution in [1.29, 1.82) is 0 Å². The van der Waals surface area contributed by atoms with Crippen LogP contribution in [-0.2, 0) is 11.0 Å². The molecule has 0 radical (unpaired) electrons. The van der Waals surface area contributed by atoms with Crippen molar-refractivity contribution in [3.05, 3.63) is 63.1 Å². The standard InChI is InChI=1S/C17H16Cl3N.C12H24N2OS2/c18-12-4-7-14(8-5-12)21-10-2-1-3-17(21)15-9-6-13(19)11-16(15)20;1-13-16-11-7-9-14(10-8-11)17(15)12-5-3-2-4-6-12/h4-9,11,17H,1-3,10H2;11-13H,2-10H2,1H3. The highest BCUT2D eigenvalue weighted by molar-refractivity contribution is 7.98. The van der Waals surface area contributed by atoms with Crippen molar-refractivity contribution in [2.75, 3.05) is 31.6 Å². The van der Waals surface area contributed by atoms with E-state index in [0.717, 1.165) is 41.7 Å². The minimum Gasteiger partial charge on any atom is -0.364 e. The third-order valence-corrected chi connectivity index (χ3v) is 11.5. The zero-order valence-electron chi connectivity index (χ0n) is 22.2. The molecule has 0 amide bonds. The van der Waals surface area contributed by atoms with E-state index in [2.05, 4.69) is 26.1 Å². The quantitative estimate of drug-likeness (QED) is 0.329. The first kappa shape index (κ1) is 30.5. The number of nitrogens with zero attached hydrogens (tertiary/aromatic N) is 2. The van der Waals surface area contributed by atoms with E-state index in [0.29, 0.717) is 21.6 Å². The van der Waals surface area contributed by atoms with E-state index in [9.17, 15) is 4.21 Å². The van der Waals surface area contributed by atoms with Gasteiger partial charge in [-0.25, -0.2) is 8.51 Å². The van der Waals surface area contributed by atoms with Gasteiger partial charge in [0.2, 0.25) is 0 Å². The molecule has 2 saturated heterocycles. The molecule has 3 fully saturated rings. The fourth-order valence-electron chi connectivity index (χ4n) is 5.74. The zero-order chi connectivity index (χ0) is 26.9. The molecular formula is C29H40Cl3N3OS2. The van der Waals surface area contributed by atoms with Crippen molar-refractivity contribution in [2.45, 2.75) is 80.7 Å². The molecule has 0 bridgehead atoms. The molecule has 1 saturated carbocycles. The maximum absolute atomic E-state index is 12.4. The minimum absolute atomic E-state index is 0.296. The summed E-state index contributed by atoms with van der Waals surface area (Å²) in [4.78, 5) is 2.41. The van der Waals surface area contributed by atoms with E-state index in [1.54, 1.807) is 0 Å². The second-order valence-electron chi connectivity index (χ2n) is 10.3. The molecule has 38 heavy (non-hydrogen) atoms. The lowest BCUT2D eigenvalue weighted by Crippen LogP contribution is -2.41. The Bertz CT molecular complexity index is 1030. The van der Waals surface area contributed by atoms with Crippen molar-refractivity contribution in [2.24, 2.45) is 0 Å². The van der Waals surface area contributed by atoms with E-state index in [-0.39, 0.29) is 0 Å². The molecule has 0 aromatic heterocycles. The predicted octanol–water partition coefficient (Wildman–Crippen LogP) is 8.69. The van der Waals surface area contributed by atoms with Crippen molar-refractivity contribution in [3.8, 4) is 0 Å². The molecule has 2 aliphatic heterocycles. The normalized spacial score (nSPS) is 22.5. The molecule has 2 aromatic carbocycles. The predicted molar refractivity (Wildman–Crippen MR) is 168 cm³/mol. The molecule has 4 nitrogen and oxygen atoms in total. The van der Waals surface area contributed by atoms with Gasteiger partial charge in [0.25, 0.3) is 0 Å². The van der Waals surface area contributed by atoms with Crippen molar-refractivity contribution >= 4 is 63.4 Å². The number of rotatable bonds is 6. The third-order valence-electron chi connectivity index (χ3n) is 7.76. The SMILES string of the molecule is CNSC1CCN(S(=O)C2CCCCC2)CC1.Clc1ccc(N2CCCCC2c2ccc(Cl)cc2Cl)cc1. The van der Waals surface area contributed by atoms with Gasteiger partial charge in [-0.15, -0.1) is 0 Å².